The average Bonchev–Trinajstić information content (AvgIpc) is 2.27. The molecule has 0 heterocycles. The number of rotatable bonds is 4. The number of hydrogen-bond acceptors (Lipinski definition) is 3. The van der Waals surface area contributed by atoms with Gasteiger partial charge in [0.15, 0.2) is 0 Å². The van der Waals surface area contributed by atoms with Gasteiger partial charge >= 0.3 is 0 Å². The highest BCUT2D eigenvalue weighted by molar-refractivity contribution is 7.89. The third-order valence-electron chi connectivity index (χ3n) is 3.25. The van der Waals surface area contributed by atoms with Crippen LogP contribution in [0.25, 0.3) is 0 Å². The van der Waals surface area contributed by atoms with Crippen molar-refractivity contribution in [1.82, 2.24) is 4.31 Å². The van der Waals surface area contributed by atoms with E-state index in [9.17, 15) is 12.8 Å². The summed E-state index contributed by atoms with van der Waals surface area (Å²) in [7, 11) is -2.34. The van der Waals surface area contributed by atoms with E-state index in [4.69, 9.17) is 5.11 Å². The fourth-order valence-corrected chi connectivity index (χ4v) is 3.44. The zero-order chi connectivity index (χ0) is 13.3. The zero-order valence-corrected chi connectivity index (χ0v) is 10.9. The molecule has 0 amide bonds. The lowest BCUT2D eigenvalue weighted by Crippen LogP contribution is -2.39. The van der Waals surface area contributed by atoms with E-state index >= 15 is 0 Å². The van der Waals surface area contributed by atoms with Crippen LogP contribution in [0.3, 0.4) is 0 Å². The maximum Gasteiger partial charge on any atom is 0.245 e. The van der Waals surface area contributed by atoms with E-state index in [1.807, 2.05) is 0 Å². The van der Waals surface area contributed by atoms with E-state index in [-0.39, 0.29) is 16.9 Å². The number of aliphatic hydroxyl groups excluding tert-OH is 1. The molecular weight excluding hydrogens is 257 g/mol. The highest BCUT2D eigenvalue weighted by Crippen LogP contribution is 2.29. The van der Waals surface area contributed by atoms with Gasteiger partial charge in [-0.05, 0) is 30.9 Å². The van der Waals surface area contributed by atoms with Crippen LogP contribution in [0.4, 0.5) is 4.39 Å². The molecule has 1 aliphatic rings. The molecule has 0 radical (unpaired) electrons. The second-order valence-corrected chi connectivity index (χ2v) is 6.72. The number of halogens is 1. The molecule has 0 unspecified atom stereocenters. The van der Waals surface area contributed by atoms with Crippen LogP contribution in [0, 0.1) is 11.7 Å². The van der Waals surface area contributed by atoms with Crippen molar-refractivity contribution in [2.45, 2.75) is 23.8 Å². The van der Waals surface area contributed by atoms with Gasteiger partial charge < -0.3 is 5.11 Å². The molecule has 4 nitrogen and oxygen atoms in total. The molecule has 1 aliphatic carbocycles. The first-order chi connectivity index (χ1) is 8.41. The Balaban J connectivity index is 2.13. The van der Waals surface area contributed by atoms with Crippen LogP contribution in [-0.4, -0.2) is 37.5 Å². The van der Waals surface area contributed by atoms with E-state index in [0.717, 1.165) is 10.4 Å². The lowest BCUT2D eigenvalue weighted by Gasteiger charge is -2.34. The Hall–Kier alpha value is -0.980. The Morgan fingerprint density at radius 1 is 1.39 bits per heavy atom. The summed E-state index contributed by atoms with van der Waals surface area (Å²) < 4.78 is 38.9. The fraction of sp³-hybridized carbons (Fsp3) is 0.500. The summed E-state index contributed by atoms with van der Waals surface area (Å²) in [6, 6.07) is 5.35. The molecule has 1 aromatic rings. The Labute approximate surface area is 106 Å². The van der Waals surface area contributed by atoms with Gasteiger partial charge in [0, 0.05) is 13.6 Å². The van der Waals surface area contributed by atoms with E-state index in [1.54, 1.807) is 0 Å². The fourth-order valence-electron chi connectivity index (χ4n) is 2.13. The van der Waals surface area contributed by atoms with Gasteiger partial charge in [-0.1, -0.05) is 12.1 Å². The SMILES string of the molecule is CN(CC1CC(O)C1)S(=O)(=O)c1ccccc1F. The maximum atomic E-state index is 13.5. The molecule has 0 spiro atoms. The Morgan fingerprint density at radius 2 is 2.00 bits per heavy atom. The van der Waals surface area contributed by atoms with Crippen molar-refractivity contribution in [1.29, 1.82) is 0 Å². The Kier molecular flexibility index (Phi) is 3.70. The second kappa shape index (κ2) is 4.95. The molecule has 18 heavy (non-hydrogen) atoms. The number of sulfonamides is 1. The van der Waals surface area contributed by atoms with Crippen LogP contribution in [0.5, 0.6) is 0 Å². The molecule has 1 aromatic carbocycles. The molecule has 1 saturated carbocycles. The molecule has 1 fully saturated rings. The first kappa shape index (κ1) is 13.5. The molecule has 0 atom stereocenters. The molecule has 2 rings (SSSR count). The predicted molar refractivity (Wildman–Crippen MR) is 64.9 cm³/mol. The second-order valence-electron chi connectivity index (χ2n) is 4.71. The Morgan fingerprint density at radius 3 is 2.56 bits per heavy atom. The van der Waals surface area contributed by atoms with Crippen molar-refractivity contribution >= 4 is 10.0 Å². The molecular formula is C12H16FNO3S. The van der Waals surface area contributed by atoms with E-state index in [0.29, 0.717) is 19.4 Å². The summed E-state index contributed by atoms with van der Waals surface area (Å²) in [5.74, 6) is -0.579. The molecule has 100 valence electrons. The van der Waals surface area contributed by atoms with Gasteiger partial charge in [0.05, 0.1) is 6.10 Å². The highest BCUT2D eigenvalue weighted by Gasteiger charge is 2.32. The van der Waals surface area contributed by atoms with Crippen LogP contribution < -0.4 is 0 Å². The molecule has 0 saturated heterocycles. The zero-order valence-electron chi connectivity index (χ0n) is 10.1. The first-order valence-corrected chi connectivity index (χ1v) is 7.24. The van der Waals surface area contributed by atoms with Crippen molar-refractivity contribution in [3.05, 3.63) is 30.1 Å². The molecule has 1 N–H and O–H groups in total. The minimum atomic E-state index is -3.78. The largest absolute Gasteiger partial charge is 0.393 e. The summed E-state index contributed by atoms with van der Waals surface area (Å²) in [6.07, 6.45) is 0.897. The molecule has 0 aromatic heterocycles. The van der Waals surface area contributed by atoms with Crippen LogP contribution in [0.2, 0.25) is 0 Å². The standard InChI is InChI=1S/C12H16FNO3S/c1-14(8-9-6-10(15)7-9)18(16,17)12-5-3-2-4-11(12)13/h2-5,9-10,15H,6-8H2,1H3. The van der Waals surface area contributed by atoms with Gasteiger partial charge in [-0.25, -0.2) is 17.1 Å². The van der Waals surface area contributed by atoms with Gasteiger partial charge in [0.2, 0.25) is 10.0 Å². The van der Waals surface area contributed by atoms with E-state index < -0.39 is 15.8 Å². The van der Waals surface area contributed by atoms with Crippen molar-refractivity contribution in [3.8, 4) is 0 Å². The summed E-state index contributed by atoms with van der Waals surface area (Å²) in [4.78, 5) is -0.299. The topological polar surface area (TPSA) is 57.6 Å². The summed E-state index contributed by atoms with van der Waals surface area (Å²) in [5.41, 5.74) is 0. The number of benzene rings is 1. The van der Waals surface area contributed by atoms with Gasteiger partial charge in [0.25, 0.3) is 0 Å². The highest BCUT2D eigenvalue weighted by atomic mass is 32.2. The lowest BCUT2D eigenvalue weighted by atomic mass is 9.82. The monoisotopic (exact) mass is 273 g/mol. The maximum absolute atomic E-state index is 13.5. The van der Waals surface area contributed by atoms with Crippen LogP contribution in [0.15, 0.2) is 29.2 Å². The molecule has 6 heteroatoms. The predicted octanol–water partition coefficient (Wildman–Crippen LogP) is 1.22. The van der Waals surface area contributed by atoms with Gasteiger partial charge in [-0.15, -0.1) is 0 Å². The normalized spacial score (nSPS) is 24.0. The molecule has 0 aliphatic heterocycles. The lowest BCUT2D eigenvalue weighted by molar-refractivity contribution is 0.0367. The van der Waals surface area contributed by atoms with Crippen LogP contribution in [0.1, 0.15) is 12.8 Å². The number of aliphatic hydroxyl groups is 1. The average molecular weight is 273 g/mol. The minimum absolute atomic E-state index is 0.159. The minimum Gasteiger partial charge on any atom is -0.393 e. The van der Waals surface area contributed by atoms with Crippen molar-refractivity contribution in [2.24, 2.45) is 5.92 Å². The third-order valence-corrected chi connectivity index (χ3v) is 5.11. The van der Waals surface area contributed by atoms with E-state index in [2.05, 4.69) is 0 Å². The van der Waals surface area contributed by atoms with Gasteiger partial charge in [-0.3, -0.25) is 0 Å². The quantitative estimate of drug-likeness (QED) is 0.897. The number of hydrogen-bond donors (Lipinski definition) is 1. The van der Waals surface area contributed by atoms with Gasteiger partial charge in [-0.2, -0.15) is 0 Å². The third kappa shape index (κ3) is 2.55. The van der Waals surface area contributed by atoms with Crippen molar-refractivity contribution in [3.63, 3.8) is 0 Å². The summed E-state index contributed by atoms with van der Waals surface area (Å²) >= 11 is 0. The van der Waals surface area contributed by atoms with Crippen molar-refractivity contribution in [2.75, 3.05) is 13.6 Å². The Bertz CT molecular complexity index is 526. The summed E-state index contributed by atoms with van der Waals surface area (Å²) in [5, 5.41) is 9.17. The van der Waals surface area contributed by atoms with Crippen molar-refractivity contribution < 1.29 is 17.9 Å². The summed E-state index contributed by atoms with van der Waals surface area (Å²) in [6.45, 7) is 0.313. The first-order valence-electron chi connectivity index (χ1n) is 5.80. The smallest absolute Gasteiger partial charge is 0.245 e. The number of nitrogens with zero attached hydrogens (tertiary/aromatic N) is 1. The van der Waals surface area contributed by atoms with Crippen LogP contribution >= 0.6 is 0 Å². The van der Waals surface area contributed by atoms with Gasteiger partial charge in [0.1, 0.15) is 10.7 Å². The van der Waals surface area contributed by atoms with Crippen LogP contribution in [-0.2, 0) is 10.0 Å². The molecule has 0 bridgehead atoms. The van der Waals surface area contributed by atoms with E-state index in [1.165, 1.54) is 25.2 Å².